The quantitative estimate of drug-likeness (QED) is 0.0280. The number of amides is 1. The molecule has 7 N–H and O–H groups in total. The SMILES string of the molecule is CCCCCCCCCCC/C=C/C(O)C(COC1OC(CO)C(O)C(O)C1O)NC(=O)C(O)CCCCCCCCCCCCCCCCC. The van der Waals surface area contributed by atoms with Crippen molar-refractivity contribution >= 4 is 5.91 Å². The third kappa shape index (κ3) is 23.3. The van der Waals surface area contributed by atoms with Gasteiger partial charge in [-0.25, -0.2) is 0 Å². The van der Waals surface area contributed by atoms with Crippen LogP contribution < -0.4 is 5.32 Å². The fourth-order valence-corrected chi connectivity index (χ4v) is 6.69. The van der Waals surface area contributed by atoms with Crippen LogP contribution in [0, 0.1) is 0 Å². The van der Waals surface area contributed by atoms with Crippen molar-refractivity contribution in [3.63, 3.8) is 0 Å². The maximum atomic E-state index is 13.0. The number of hydrogen-bond acceptors (Lipinski definition) is 9. The molecule has 0 aromatic carbocycles. The molecule has 0 radical (unpaired) electrons. The Kier molecular flexibility index (Phi) is 30.4. The Hall–Kier alpha value is -1.11. The van der Waals surface area contributed by atoms with Crippen LogP contribution in [-0.4, -0.2) is 98.7 Å². The Morgan fingerprint density at radius 2 is 1.12 bits per heavy atom. The van der Waals surface area contributed by atoms with Gasteiger partial charge < -0.3 is 45.4 Å². The van der Waals surface area contributed by atoms with E-state index in [1.165, 1.54) is 116 Å². The second-order valence-corrected chi connectivity index (χ2v) is 14.9. The van der Waals surface area contributed by atoms with Gasteiger partial charge in [-0.15, -0.1) is 0 Å². The third-order valence-corrected chi connectivity index (χ3v) is 10.2. The molecule has 1 fully saturated rings. The first kappa shape index (κ1) is 47.9. The summed E-state index contributed by atoms with van der Waals surface area (Å²) in [4.78, 5) is 13.0. The van der Waals surface area contributed by atoms with Gasteiger partial charge >= 0.3 is 0 Å². The molecule has 1 aliphatic heterocycles. The van der Waals surface area contributed by atoms with Crippen molar-refractivity contribution in [2.45, 2.75) is 230 Å². The number of allylic oxidation sites excluding steroid dienone is 1. The van der Waals surface area contributed by atoms with Crippen LogP contribution in [0.1, 0.15) is 181 Å². The van der Waals surface area contributed by atoms with Crippen LogP contribution in [0.15, 0.2) is 12.2 Å². The van der Waals surface area contributed by atoms with Crippen molar-refractivity contribution < 1.29 is 44.9 Å². The van der Waals surface area contributed by atoms with Crippen molar-refractivity contribution in [1.29, 1.82) is 0 Å². The summed E-state index contributed by atoms with van der Waals surface area (Å²) >= 11 is 0. The summed E-state index contributed by atoms with van der Waals surface area (Å²) < 4.78 is 11.1. The number of ether oxygens (including phenoxy) is 2. The fourth-order valence-electron chi connectivity index (χ4n) is 6.69. The lowest BCUT2D eigenvalue weighted by Crippen LogP contribution is -2.60. The minimum absolute atomic E-state index is 0.302. The Balaban J connectivity index is 2.45. The Bertz CT molecular complexity index is 829. The Morgan fingerprint density at radius 1 is 0.667 bits per heavy atom. The molecule has 1 amide bonds. The van der Waals surface area contributed by atoms with Gasteiger partial charge in [0.15, 0.2) is 6.29 Å². The lowest BCUT2D eigenvalue weighted by Gasteiger charge is -2.40. The summed E-state index contributed by atoms with van der Waals surface area (Å²) in [5.41, 5.74) is 0. The molecule has 1 heterocycles. The lowest BCUT2D eigenvalue weighted by molar-refractivity contribution is -0.302. The van der Waals surface area contributed by atoms with Gasteiger partial charge in [-0.05, 0) is 19.3 Å². The standard InChI is InChI=1S/C41H79NO9/c1-3-5-7-9-11-13-15-16-17-18-20-22-24-26-28-30-35(45)40(49)42-33(32-50-41-39(48)38(47)37(46)36(31-43)51-41)34(44)29-27-25-23-21-19-14-12-10-8-6-4-2/h27,29,33-39,41,43-48H,3-26,28,30-32H2,1-2H3,(H,42,49)/b29-27+. The van der Waals surface area contributed by atoms with Crippen molar-refractivity contribution in [1.82, 2.24) is 5.32 Å². The van der Waals surface area contributed by atoms with Crippen LogP contribution in [0.2, 0.25) is 0 Å². The minimum Gasteiger partial charge on any atom is -0.394 e. The fraction of sp³-hybridized carbons (Fsp3) is 0.927. The molecule has 0 bridgehead atoms. The van der Waals surface area contributed by atoms with Crippen LogP contribution in [0.3, 0.4) is 0 Å². The van der Waals surface area contributed by atoms with Crippen LogP contribution in [0.25, 0.3) is 0 Å². The molecule has 0 spiro atoms. The summed E-state index contributed by atoms with van der Waals surface area (Å²) in [5, 5.41) is 64.4. The highest BCUT2D eigenvalue weighted by Crippen LogP contribution is 2.22. The maximum absolute atomic E-state index is 13.0. The van der Waals surface area contributed by atoms with E-state index < -0.39 is 61.5 Å². The molecule has 51 heavy (non-hydrogen) atoms. The van der Waals surface area contributed by atoms with Crippen molar-refractivity contribution in [2.75, 3.05) is 13.2 Å². The summed E-state index contributed by atoms with van der Waals surface area (Å²) in [6, 6.07) is -0.972. The second-order valence-electron chi connectivity index (χ2n) is 14.9. The third-order valence-electron chi connectivity index (χ3n) is 10.2. The maximum Gasteiger partial charge on any atom is 0.249 e. The van der Waals surface area contributed by atoms with E-state index in [-0.39, 0.29) is 6.61 Å². The normalized spacial score (nSPS) is 22.7. The van der Waals surface area contributed by atoms with Gasteiger partial charge in [0.25, 0.3) is 0 Å². The number of aliphatic hydroxyl groups excluding tert-OH is 6. The van der Waals surface area contributed by atoms with E-state index in [0.717, 1.165) is 44.9 Å². The zero-order valence-electron chi connectivity index (χ0n) is 32.5. The highest BCUT2D eigenvalue weighted by atomic mass is 16.7. The first-order chi connectivity index (χ1) is 24.8. The van der Waals surface area contributed by atoms with E-state index in [9.17, 15) is 35.4 Å². The Morgan fingerprint density at radius 3 is 1.59 bits per heavy atom. The molecule has 1 rings (SSSR count). The van der Waals surface area contributed by atoms with Gasteiger partial charge in [0.05, 0.1) is 25.4 Å². The number of aliphatic hydroxyl groups is 6. The predicted molar refractivity (Wildman–Crippen MR) is 204 cm³/mol. The van der Waals surface area contributed by atoms with Crippen LogP contribution in [-0.2, 0) is 14.3 Å². The molecular weight excluding hydrogens is 650 g/mol. The van der Waals surface area contributed by atoms with Gasteiger partial charge in [0.1, 0.15) is 30.5 Å². The number of nitrogens with one attached hydrogen (secondary N) is 1. The zero-order valence-corrected chi connectivity index (χ0v) is 32.5. The molecule has 10 heteroatoms. The van der Waals surface area contributed by atoms with Gasteiger partial charge in [-0.1, -0.05) is 174 Å². The van der Waals surface area contributed by atoms with E-state index in [2.05, 4.69) is 19.2 Å². The first-order valence-electron chi connectivity index (χ1n) is 21.0. The summed E-state index contributed by atoms with van der Waals surface area (Å²) in [6.45, 7) is 3.58. The molecule has 0 aromatic rings. The molecule has 8 atom stereocenters. The Labute approximate surface area is 310 Å². The van der Waals surface area contributed by atoms with E-state index in [0.29, 0.717) is 6.42 Å². The number of carbonyl (C=O) groups excluding carboxylic acids is 1. The van der Waals surface area contributed by atoms with Gasteiger partial charge in [0.2, 0.25) is 5.91 Å². The largest absolute Gasteiger partial charge is 0.394 e. The van der Waals surface area contributed by atoms with E-state index in [1.807, 2.05) is 6.08 Å². The number of rotatable bonds is 34. The van der Waals surface area contributed by atoms with Crippen LogP contribution in [0.4, 0.5) is 0 Å². The minimum atomic E-state index is -1.60. The lowest BCUT2D eigenvalue weighted by atomic mass is 9.99. The summed E-state index contributed by atoms with van der Waals surface area (Å²) in [7, 11) is 0. The van der Waals surface area contributed by atoms with Crippen LogP contribution >= 0.6 is 0 Å². The van der Waals surface area contributed by atoms with Crippen molar-refractivity contribution in [2.24, 2.45) is 0 Å². The summed E-state index contributed by atoms with van der Waals surface area (Å²) in [5.74, 6) is -0.617. The summed E-state index contributed by atoms with van der Waals surface area (Å²) in [6.07, 6.45) is 24.4. The number of unbranched alkanes of at least 4 members (excludes halogenated alkanes) is 23. The average Bonchev–Trinajstić information content (AvgIpc) is 3.13. The highest BCUT2D eigenvalue weighted by Gasteiger charge is 2.44. The second kappa shape index (κ2) is 32.3. The number of carbonyl (C=O) groups is 1. The topological polar surface area (TPSA) is 169 Å². The van der Waals surface area contributed by atoms with E-state index >= 15 is 0 Å². The van der Waals surface area contributed by atoms with E-state index in [1.54, 1.807) is 6.08 Å². The molecule has 0 saturated carbocycles. The molecule has 0 aromatic heterocycles. The molecule has 1 aliphatic rings. The number of hydrogen-bond donors (Lipinski definition) is 7. The molecule has 10 nitrogen and oxygen atoms in total. The van der Waals surface area contributed by atoms with E-state index in [4.69, 9.17) is 9.47 Å². The molecule has 0 aliphatic carbocycles. The predicted octanol–water partition coefficient (Wildman–Crippen LogP) is 6.75. The smallest absolute Gasteiger partial charge is 0.249 e. The van der Waals surface area contributed by atoms with Crippen molar-refractivity contribution in [3.05, 3.63) is 12.2 Å². The monoisotopic (exact) mass is 730 g/mol. The van der Waals surface area contributed by atoms with Crippen LogP contribution in [0.5, 0.6) is 0 Å². The molecule has 8 unspecified atom stereocenters. The molecule has 1 saturated heterocycles. The van der Waals surface area contributed by atoms with Crippen molar-refractivity contribution in [3.8, 4) is 0 Å². The zero-order chi connectivity index (χ0) is 37.5. The van der Waals surface area contributed by atoms with Gasteiger partial charge in [-0.3, -0.25) is 4.79 Å². The van der Waals surface area contributed by atoms with Gasteiger partial charge in [-0.2, -0.15) is 0 Å². The van der Waals surface area contributed by atoms with Gasteiger partial charge in [0, 0.05) is 0 Å². The highest BCUT2D eigenvalue weighted by molar-refractivity contribution is 5.80. The average molecular weight is 730 g/mol. The first-order valence-corrected chi connectivity index (χ1v) is 21.0. The molecular formula is C41H79NO9. The molecule has 302 valence electrons.